The molecule has 2 rings (SSSR count). The van der Waals surface area contributed by atoms with Gasteiger partial charge in [0, 0.05) is 0 Å². The Labute approximate surface area is 112 Å². The van der Waals surface area contributed by atoms with Crippen LogP contribution in [0.2, 0.25) is 15.5 Å². The Balaban J connectivity index is 0.000000171. The maximum absolute atomic E-state index is 5.43. The first-order chi connectivity index (χ1) is 8.11. The molecule has 2 heterocycles. The predicted molar refractivity (Wildman–Crippen MR) is 66.9 cm³/mol. The zero-order valence-corrected chi connectivity index (χ0v) is 10.6. The molecular formula is C8H7Cl3N6. The van der Waals surface area contributed by atoms with Crippen molar-refractivity contribution in [3.05, 3.63) is 39.7 Å². The van der Waals surface area contributed by atoms with E-state index in [2.05, 4.69) is 25.8 Å². The van der Waals surface area contributed by atoms with Crippen molar-refractivity contribution >= 4 is 40.6 Å². The first-order valence-electron chi connectivity index (χ1n) is 4.22. The number of hydrogen-bond acceptors (Lipinski definition) is 6. The molecule has 0 unspecified atom stereocenters. The molecule has 0 atom stereocenters. The first-order valence-corrected chi connectivity index (χ1v) is 5.36. The number of halogens is 3. The Bertz CT molecular complexity index is 425. The molecule has 0 aromatic carbocycles. The fourth-order valence-electron chi connectivity index (χ4n) is 0.693. The highest BCUT2D eigenvalue weighted by molar-refractivity contribution is 6.31. The minimum Gasteiger partial charge on any atom is -0.307 e. The third kappa shape index (κ3) is 5.60. The normalized spacial score (nSPS) is 9.18. The Hall–Kier alpha value is -1.21. The van der Waals surface area contributed by atoms with Crippen LogP contribution in [0.1, 0.15) is 0 Å². The highest BCUT2D eigenvalue weighted by atomic mass is 35.5. The van der Waals surface area contributed by atoms with E-state index in [1.807, 2.05) is 0 Å². The zero-order chi connectivity index (χ0) is 12.7. The number of aromatic nitrogens is 4. The third-order valence-electron chi connectivity index (χ3n) is 1.38. The number of nitrogens with zero attached hydrogens (tertiary/aromatic N) is 4. The lowest BCUT2D eigenvalue weighted by Gasteiger charge is -1.93. The number of hydrazine groups is 1. The van der Waals surface area contributed by atoms with E-state index in [4.69, 9.17) is 40.6 Å². The van der Waals surface area contributed by atoms with Crippen LogP contribution in [0.15, 0.2) is 24.3 Å². The summed E-state index contributed by atoms with van der Waals surface area (Å²) in [7, 11) is 0. The summed E-state index contributed by atoms with van der Waals surface area (Å²) in [5.41, 5.74) is 2.32. The predicted octanol–water partition coefficient (Wildman–Crippen LogP) is 2.20. The van der Waals surface area contributed by atoms with E-state index in [0.717, 1.165) is 0 Å². The van der Waals surface area contributed by atoms with Crippen molar-refractivity contribution in [1.29, 1.82) is 0 Å². The molecular weight excluding hydrogens is 286 g/mol. The average molecular weight is 294 g/mol. The van der Waals surface area contributed by atoms with E-state index < -0.39 is 0 Å². The third-order valence-corrected chi connectivity index (χ3v) is 1.98. The van der Waals surface area contributed by atoms with Gasteiger partial charge >= 0.3 is 0 Å². The number of hydrogen-bond donors (Lipinski definition) is 2. The smallest absolute Gasteiger partial charge is 0.162 e. The van der Waals surface area contributed by atoms with Crippen LogP contribution in [0.3, 0.4) is 0 Å². The van der Waals surface area contributed by atoms with Crippen LogP contribution in [-0.2, 0) is 0 Å². The second-order valence-corrected chi connectivity index (χ2v) is 3.73. The van der Waals surface area contributed by atoms with Gasteiger partial charge < -0.3 is 5.43 Å². The van der Waals surface area contributed by atoms with Gasteiger partial charge in [0.15, 0.2) is 21.3 Å². The quantitative estimate of drug-likeness (QED) is 0.619. The second kappa shape index (κ2) is 7.18. The van der Waals surface area contributed by atoms with E-state index in [1.54, 1.807) is 24.3 Å². The Morgan fingerprint density at radius 3 is 1.47 bits per heavy atom. The summed E-state index contributed by atoms with van der Waals surface area (Å²) in [5.74, 6) is 5.50. The van der Waals surface area contributed by atoms with Crippen molar-refractivity contribution in [2.24, 2.45) is 5.84 Å². The van der Waals surface area contributed by atoms with Crippen LogP contribution in [0.5, 0.6) is 0 Å². The van der Waals surface area contributed by atoms with Gasteiger partial charge in [-0.3, -0.25) is 0 Å². The molecule has 0 amide bonds. The Morgan fingerprint density at radius 2 is 1.18 bits per heavy atom. The number of nitrogens with two attached hydrogens (primary N) is 1. The second-order valence-electron chi connectivity index (χ2n) is 2.56. The molecule has 3 N–H and O–H groups in total. The summed E-state index contributed by atoms with van der Waals surface area (Å²) in [6, 6.07) is 6.40. The molecule has 9 heteroatoms. The summed E-state index contributed by atoms with van der Waals surface area (Å²) in [6.07, 6.45) is 0. The summed E-state index contributed by atoms with van der Waals surface area (Å²) in [6.45, 7) is 0. The molecule has 90 valence electrons. The molecule has 0 saturated heterocycles. The van der Waals surface area contributed by atoms with Crippen molar-refractivity contribution in [1.82, 2.24) is 20.4 Å². The van der Waals surface area contributed by atoms with Crippen LogP contribution >= 0.6 is 34.8 Å². The van der Waals surface area contributed by atoms with E-state index >= 15 is 0 Å². The van der Waals surface area contributed by atoms with Crippen molar-refractivity contribution in [3.63, 3.8) is 0 Å². The standard InChI is InChI=1S/C4H2Cl2N2.C4H5ClN4/c5-3-1-2-4(6)8-7-3;5-3-1-2-4(7-6)9-8-3/h1-2H;1-2H,6H2,(H,7,9). The van der Waals surface area contributed by atoms with Gasteiger partial charge in [0.05, 0.1) is 0 Å². The maximum Gasteiger partial charge on any atom is 0.162 e. The molecule has 0 spiro atoms. The van der Waals surface area contributed by atoms with Gasteiger partial charge in [0.25, 0.3) is 0 Å². The summed E-state index contributed by atoms with van der Waals surface area (Å²) < 4.78 is 0. The van der Waals surface area contributed by atoms with E-state index in [-0.39, 0.29) is 0 Å². The van der Waals surface area contributed by atoms with Crippen LogP contribution in [0.4, 0.5) is 5.82 Å². The van der Waals surface area contributed by atoms with E-state index in [0.29, 0.717) is 21.3 Å². The van der Waals surface area contributed by atoms with E-state index in [1.165, 1.54) is 0 Å². The highest BCUT2D eigenvalue weighted by Gasteiger charge is 1.89. The average Bonchev–Trinajstić information content (AvgIpc) is 2.35. The topological polar surface area (TPSA) is 89.6 Å². The molecule has 0 fully saturated rings. The highest BCUT2D eigenvalue weighted by Crippen LogP contribution is 2.05. The van der Waals surface area contributed by atoms with Gasteiger partial charge in [-0.15, -0.1) is 20.4 Å². The number of anilines is 1. The fourth-order valence-corrected chi connectivity index (χ4v) is 0.995. The SMILES string of the molecule is Clc1ccc(Cl)nn1.NNc1ccc(Cl)nn1. The maximum atomic E-state index is 5.43. The lowest BCUT2D eigenvalue weighted by atomic mass is 10.5. The van der Waals surface area contributed by atoms with Crippen LogP contribution in [-0.4, -0.2) is 20.4 Å². The number of nitrogen functional groups attached to an aromatic ring is 1. The molecule has 6 nitrogen and oxygen atoms in total. The molecule has 0 aliphatic heterocycles. The van der Waals surface area contributed by atoms with Crippen LogP contribution in [0.25, 0.3) is 0 Å². The van der Waals surface area contributed by atoms with Crippen molar-refractivity contribution in [2.75, 3.05) is 5.43 Å². The summed E-state index contributed by atoms with van der Waals surface area (Å²) in [5, 5.41) is 15.1. The Kier molecular flexibility index (Phi) is 5.85. The lowest BCUT2D eigenvalue weighted by Crippen LogP contribution is -2.08. The Morgan fingerprint density at radius 1 is 0.765 bits per heavy atom. The van der Waals surface area contributed by atoms with Gasteiger partial charge in [-0.2, -0.15) is 0 Å². The molecule has 0 bridgehead atoms. The van der Waals surface area contributed by atoms with Crippen molar-refractivity contribution < 1.29 is 0 Å². The van der Waals surface area contributed by atoms with Crippen LogP contribution < -0.4 is 11.3 Å². The molecule has 17 heavy (non-hydrogen) atoms. The van der Waals surface area contributed by atoms with Gasteiger partial charge in [-0.05, 0) is 24.3 Å². The minimum atomic E-state index is 0.356. The number of nitrogens with one attached hydrogen (secondary N) is 1. The molecule has 0 aliphatic rings. The molecule has 0 radical (unpaired) electrons. The van der Waals surface area contributed by atoms with Gasteiger partial charge in [0.2, 0.25) is 0 Å². The largest absolute Gasteiger partial charge is 0.307 e. The van der Waals surface area contributed by atoms with Crippen molar-refractivity contribution in [2.45, 2.75) is 0 Å². The minimum absolute atomic E-state index is 0.356. The first kappa shape index (κ1) is 13.9. The van der Waals surface area contributed by atoms with E-state index in [9.17, 15) is 0 Å². The lowest BCUT2D eigenvalue weighted by molar-refractivity contribution is 1.02. The summed E-state index contributed by atoms with van der Waals surface area (Å²) in [4.78, 5) is 0. The number of rotatable bonds is 1. The summed E-state index contributed by atoms with van der Waals surface area (Å²) >= 11 is 16.2. The van der Waals surface area contributed by atoms with Gasteiger partial charge in [0.1, 0.15) is 0 Å². The molecule has 2 aromatic rings. The fraction of sp³-hybridized carbons (Fsp3) is 0. The van der Waals surface area contributed by atoms with Crippen LogP contribution in [0, 0.1) is 0 Å². The van der Waals surface area contributed by atoms with Crippen molar-refractivity contribution in [3.8, 4) is 0 Å². The molecule has 2 aromatic heterocycles. The monoisotopic (exact) mass is 292 g/mol. The van der Waals surface area contributed by atoms with Gasteiger partial charge in [-0.25, -0.2) is 5.84 Å². The van der Waals surface area contributed by atoms with Gasteiger partial charge in [-0.1, -0.05) is 34.8 Å². The molecule has 0 aliphatic carbocycles. The zero-order valence-electron chi connectivity index (χ0n) is 8.31. The molecule has 0 saturated carbocycles.